The normalized spacial score (nSPS) is 16.2. The van der Waals surface area contributed by atoms with E-state index in [0.29, 0.717) is 18.0 Å². The van der Waals surface area contributed by atoms with Crippen molar-refractivity contribution in [3.8, 4) is 5.75 Å². The molecule has 1 heterocycles. The average Bonchev–Trinajstić information content (AvgIpc) is 2.71. The minimum atomic E-state index is -3.50. The van der Waals surface area contributed by atoms with E-state index in [4.69, 9.17) is 4.74 Å². The van der Waals surface area contributed by atoms with E-state index >= 15 is 0 Å². The molecule has 8 heteroatoms. The van der Waals surface area contributed by atoms with Crippen LogP contribution in [0.4, 0.5) is 5.69 Å². The summed E-state index contributed by atoms with van der Waals surface area (Å²) >= 11 is 1.65. The first-order chi connectivity index (χ1) is 13.4. The molecule has 1 aliphatic rings. The first kappa shape index (κ1) is 20.5. The van der Waals surface area contributed by atoms with Crippen LogP contribution in [0.1, 0.15) is 12.5 Å². The van der Waals surface area contributed by atoms with E-state index in [0.717, 1.165) is 10.6 Å². The summed E-state index contributed by atoms with van der Waals surface area (Å²) in [6, 6.07) is 15.1. The lowest BCUT2D eigenvalue weighted by atomic mass is 10.2. The summed E-state index contributed by atoms with van der Waals surface area (Å²) < 4.78 is 32.0. The highest BCUT2D eigenvalue weighted by atomic mass is 32.2. The number of carbonyl (C=O) groups is 1. The lowest BCUT2D eigenvalue weighted by molar-refractivity contribution is -0.127. The lowest BCUT2D eigenvalue weighted by Crippen LogP contribution is -2.51. The Balaban J connectivity index is 1.60. The van der Waals surface area contributed by atoms with Crippen LogP contribution in [0.15, 0.2) is 53.4 Å². The zero-order chi connectivity index (χ0) is 20.1. The van der Waals surface area contributed by atoms with Crippen molar-refractivity contribution < 1.29 is 17.9 Å². The molecule has 2 aromatic rings. The SMILES string of the molecule is CCS(=O)(=O)N1C[C@H](C(=O)NCCSc2ccc(C)cc2)Oc2ccccc21. The quantitative estimate of drug-likeness (QED) is 0.551. The highest BCUT2D eigenvalue weighted by Crippen LogP contribution is 2.35. The largest absolute Gasteiger partial charge is 0.476 e. The van der Waals surface area contributed by atoms with Gasteiger partial charge >= 0.3 is 0 Å². The first-order valence-corrected chi connectivity index (χ1v) is 11.7. The number of sulfonamides is 1. The zero-order valence-corrected chi connectivity index (χ0v) is 17.6. The third-order valence-corrected chi connectivity index (χ3v) is 7.18. The Kier molecular flexibility index (Phi) is 6.51. The van der Waals surface area contributed by atoms with Crippen LogP contribution in [-0.4, -0.2) is 45.0 Å². The highest BCUT2D eigenvalue weighted by Gasteiger charge is 2.35. The summed E-state index contributed by atoms with van der Waals surface area (Å²) in [5.41, 5.74) is 1.68. The standard InChI is InChI=1S/C20H24N2O4S2/c1-3-28(24,25)22-14-19(26-18-7-5-4-6-17(18)22)20(23)21-12-13-27-16-10-8-15(2)9-11-16/h4-11,19H,3,12-14H2,1-2H3,(H,21,23)/t19-/m1/s1. The summed E-state index contributed by atoms with van der Waals surface area (Å²) in [6.45, 7) is 4.08. The van der Waals surface area contributed by atoms with Crippen molar-refractivity contribution in [1.82, 2.24) is 5.32 Å². The topological polar surface area (TPSA) is 75.7 Å². The molecule has 3 rings (SSSR count). The van der Waals surface area contributed by atoms with E-state index in [1.807, 2.05) is 6.92 Å². The van der Waals surface area contributed by atoms with E-state index in [1.165, 1.54) is 9.87 Å². The molecule has 150 valence electrons. The van der Waals surface area contributed by atoms with Crippen molar-refractivity contribution in [1.29, 1.82) is 0 Å². The second-order valence-corrected chi connectivity index (χ2v) is 9.81. The molecule has 0 fully saturated rings. The molecular weight excluding hydrogens is 396 g/mol. The zero-order valence-electron chi connectivity index (χ0n) is 15.9. The number of nitrogens with one attached hydrogen (secondary N) is 1. The number of amides is 1. The molecule has 28 heavy (non-hydrogen) atoms. The van der Waals surface area contributed by atoms with Crippen LogP contribution in [0, 0.1) is 6.92 Å². The van der Waals surface area contributed by atoms with Gasteiger partial charge in [-0.05, 0) is 38.1 Å². The van der Waals surface area contributed by atoms with Gasteiger partial charge in [0.1, 0.15) is 5.75 Å². The van der Waals surface area contributed by atoms with Gasteiger partial charge in [-0.2, -0.15) is 0 Å². The average molecular weight is 421 g/mol. The molecule has 0 saturated carbocycles. The van der Waals surface area contributed by atoms with Gasteiger partial charge in [0.2, 0.25) is 10.0 Å². The number of carbonyl (C=O) groups excluding carboxylic acids is 1. The molecule has 0 radical (unpaired) electrons. The molecule has 6 nitrogen and oxygen atoms in total. The molecule has 2 aromatic carbocycles. The Labute approximate surface area is 170 Å². The van der Waals surface area contributed by atoms with E-state index in [9.17, 15) is 13.2 Å². The minimum Gasteiger partial charge on any atom is -0.476 e. The summed E-state index contributed by atoms with van der Waals surface area (Å²) in [7, 11) is -3.50. The van der Waals surface area contributed by atoms with Gasteiger partial charge in [0.25, 0.3) is 5.91 Å². The van der Waals surface area contributed by atoms with Gasteiger partial charge in [0.15, 0.2) is 6.10 Å². The summed E-state index contributed by atoms with van der Waals surface area (Å²) in [5, 5.41) is 2.85. The summed E-state index contributed by atoms with van der Waals surface area (Å²) in [6.07, 6.45) is -0.874. The van der Waals surface area contributed by atoms with Gasteiger partial charge in [0.05, 0.1) is 18.0 Å². The van der Waals surface area contributed by atoms with Crippen molar-refractivity contribution in [2.45, 2.75) is 24.8 Å². The van der Waals surface area contributed by atoms with Crippen LogP contribution in [0.3, 0.4) is 0 Å². The van der Waals surface area contributed by atoms with E-state index in [2.05, 4.69) is 29.6 Å². The van der Waals surface area contributed by atoms with Crippen LogP contribution < -0.4 is 14.4 Å². The molecule has 1 aliphatic heterocycles. The van der Waals surface area contributed by atoms with Gasteiger partial charge < -0.3 is 10.1 Å². The van der Waals surface area contributed by atoms with Crippen molar-refractivity contribution in [3.05, 3.63) is 54.1 Å². The molecule has 0 saturated heterocycles. The number of ether oxygens (including phenoxy) is 1. The Morgan fingerprint density at radius 2 is 1.93 bits per heavy atom. The Morgan fingerprint density at radius 3 is 2.64 bits per heavy atom. The molecule has 1 atom stereocenters. The van der Waals surface area contributed by atoms with Crippen LogP contribution >= 0.6 is 11.8 Å². The molecule has 1 amide bonds. The summed E-state index contributed by atoms with van der Waals surface area (Å²) in [4.78, 5) is 13.7. The van der Waals surface area contributed by atoms with Gasteiger partial charge in [-0.1, -0.05) is 29.8 Å². The highest BCUT2D eigenvalue weighted by molar-refractivity contribution is 7.99. The van der Waals surface area contributed by atoms with Gasteiger partial charge in [0, 0.05) is 17.2 Å². The fourth-order valence-corrected chi connectivity index (χ4v) is 4.74. The van der Waals surface area contributed by atoms with E-state index < -0.39 is 16.1 Å². The third-order valence-electron chi connectivity index (χ3n) is 4.42. The number of para-hydroxylation sites is 2. The molecule has 1 N–H and O–H groups in total. The Hall–Kier alpha value is -2.19. The fourth-order valence-electron chi connectivity index (χ4n) is 2.85. The molecule has 0 unspecified atom stereocenters. The molecular formula is C20H24N2O4S2. The van der Waals surface area contributed by atoms with Crippen LogP contribution in [0.25, 0.3) is 0 Å². The van der Waals surface area contributed by atoms with Crippen LogP contribution in [-0.2, 0) is 14.8 Å². The van der Waals surface area contributed by atoms with E-state index in [-0.39, 0.29) is 18.2 Å². The van der Waals surface area contributed by atoms with Crippen molar-refractivity contribution >= 4 is 33.4 Å². The number of hydrogen-bond donors (Lipinski definition) is 1. The number of aryl methyl sites for hydroxylation is 1. The van der Waals surface area contributed by atoms with Crippen molar-refractivity contribution in [2.75, 3.05) is 28.9 Å². The Morgan fingerprint density at radius 1 is 1.21 bits per heavy atom. The van der Waals surface area contributed by atoms with Gasteiger partial charge in [-0.25, -0.2) is 8.42 Å². The fraction of sp³-hybridized carbons (Fsp3) is 0.350. The molecule has 0 aliphatic carbocycles. The van der Waals surface area contributed by atoms with Crippen LogP contribution in [0.2, 0.25) is 0 Å². The monoisotopic (exact) mass is 420 g/mol. The maximum atomic E-state index is 12.6. The summed E-state index contributed by atoms with van der Waals surface area (Å²) in [5.74, 6) is 0.771. The number of thioether (sulfide) groups is 1. The maximum absolute atomic E-state index is 12.6. The lowest BCUT2D eigenvalue weighted by Gasteiger charge is -2.34. The van der Waals surface area contributed by atoms with Gasteiger partial charge in [-0.15, -0.1) is 11.8 Å². The van der Waals surface area contributed by atoms with Crippen molar-refractivity contribution in [3.63, 3.8) is 0 Å². The smallest absolute Gasteiger partial charge is 0.263 e. The number of hydrogen-bond acceptors (Lipinski definition) is 5. The number of rotatable bonds is 7. The molecule has 0 bridgehead atoms. The molecule has 0 aromatic heterocycles. The number of nitrogens with zero attached hydrogens (tertiary/aromatic N) is 1. The first-order valence-electron chi connectivity index (χ1n) is 9.14. The second kappa shape index (κ2) is 8.87. The van der Waals surface area contributed by atoms with Crippen molar-refractivity contribution in [2.24, 2.45) is 0 Å². The second-order valence-electron chi connectivity index (χ2n) is 6.46. The predicted octanol–water partition coefficient (Wildman–Crippen LogP) is 2.82. The number of anilines is 1. The maximum Gasteiger partial charge on any atom is 0.263 e. The van der Waals surface area contributed by atoms with Gasteiger partial charge in [-0.3, -0.25) is 9.10 Å². The minimum absolute atomic E-state index is 0.0237. The number of fused-ring (bicyclic) bond motifs is 1. The van der Waals surface area contributed by atoms with Crippen LogP contribution in [0.5, 0.6) is 5.75 Å². The Bertz CT molecular complexity index is 929. The predicted molar refractivity (Wildman–Crippen MR) is 113 cm³/mol. The van der Waals surface area contributed by atoms with E-state index in [1.54, 1.807) is 43.0 Å². The third kappa shape index (κ3) is 4.80. The molecule has 0 spiro atoms. The number of benzene rings is 2.